The standard InChI is InChI=1S/C11H24O4S/c1-3-4-5-6-7-8-9-10-11(2)15-16(12,13)14/h11H,3-10H2,1-2H3,(H,12,13,14)/t11-/m1/s1. The van der Waals surface area contributed by atoms with Crippen LogP contribution >= 0.6 is 0 Å². The summed E-state index contributed by atoms with van der Waals surface area (Å²) in [6.07, 6.45) is 8.57. The molecule has 0 spiro atoms. The summed E-state index contributed by atoms with van der Waals surface area (Å²) in [5.74, 6) is 0. The molecule has 1 N–H and O–H groups in total. The smallest absolute Gasteiger partial charge is 0.264 e. The van der Waals surface area contributed by atoms with E-state index in [0.29, 0.717) is 6.42 Å². The summed E-state index contributed by atoms with van der Waals surface area (Å²) in [5.41, 5.74) is 0. The Kier molecular flexibility index (Phi) is 8.89. The van der Waals surface area contributed by atoms with E-state index in [2.05, 4.69) is 11.1 Å². The predicted molar refractivity (Wildman–Crippen MR) is 64.7 cm³/mol. The van der Waals surface area contributed by atoms with Crippen molar-refractivity contribution >= 4 is 10.4 Å². The van der Waals surface area contributed by atoms with Crippen molar-refractivity contribution in [3.63, 3.8) is 0 Å². The topological polar surface area (TPSA) is 63.6 Å². The van der Waals surface area contributed by atoms with Gasteiger partial charge in [0.15, 0.2) is 0 Å². The lowest BCUT2D eigenvalue weighted by Gasteiger charge is -2.09. The third-order valence-electron chi connectivity index (χ3n) is 2.50. The largest absolute Gasteiger partial charge is 0.397 e. The van der Waals surface area contributed by atoms with Gasteiger partial charge in [-0.05, 0) is 13.3 Å². The Labute approximate surface area is 99.3 Å². The van der Waals surface area contributed by atoms with Crippen molar-refractivity contribution in [2.75, 3.05) is 0 Å². The van der Waals surface area contributed by atoms with E-state index in [1.165, 1.54) is 32.1 Å². The molecule has 0 aliphatic rings. The van der Waals surface area contributed by atoms with E-state index >= 15 is 0 Å². The molecule has 0 amide bonds. The van der Waals surface area contributed by atoms with E-state index in [1.54, 1.807) is 6.92 Å². The van der Waals surface area contributed by atoms with Gasteiger partial charge >= 0.3 is 10.4 Å². The van der Waals surface area contributed by atoms with Gasteiger partial charge in [-0.2, -0.15) is 8.42 Å². The van der Waals surface area contributed by atoms with Crippen LogP contribution < -0.4 is 0 Å². The summed E-state index contributed by atoms with van der Waals surface area (Å²) in [4.78, 5) is 0. The highest BCUT2D eigenvalue weighted by Gasteiger charge is 2.11. The number of rotatable bonds is 10. The molecule has 0 unspecified atom stereocenters. The molecule has 0 rings (SSSR count). The van der Waals surface area contributed by atoms with Gasteiger partial charge in [0.2, 0.25) is 0 Å². The van der Waals surface area contributed by atoms with Crippen LogP contribution in [0.5, 0.6) is 0 Å². The molecule has 5 heteroatoms. The zero-order valence-corrected chi connectivity index (χ0v) is 11.1. The lowest BCUT2D eigenvalue weighted by Crippen LogP contribution is -2.14. The SMILES string of the molecule is CCCCCCCCC[C@@H](C)OS(=O)(=O)O. The van der Waals surface area contributed by atoms with Crippen LogP contribution in [0, 0.1) is 0 Å². The lowest BCUT2D eigenvalue weighted by molar-refractivity contribution is 0.185. The summed E-state index contributed by atoms with van der Waals surface area (Å²) in [6.45, 7) is 3.85. The Morgan fingerprint density at radius 2 is 1.56 bits per heavy atom. The van der Waals surface area contributed by atoms with Crippen molar-refractivity contribution in [1.82, 2.24) is 0 Å². The molecule has 0 aromatic carbocycles. The zero-order valence-electron chi connectivity index (χ0n) is 10.3. The molecule has 0 aromatic rings. The normalized spacial score (nSPS) is 13.9. The van der Waals surface area contributed by atoms with E-state index in [9.17, 15) is 8.42 Å². The van der Waals surface area contributed by atoms with Crippen molar-refractivity contribution in [2.45, 2.75) is 71.3 Å². The first-order valence-electron chi connectivity index (χ1n) is 6.11. The van der Waals surface area contributed by atoms with Crippen LogP contribution in [-0.2, 0) is 14.6 Å². The maximum absolute atomic E-state index is 10.4. The molecule has 4 nitrogen and oxygen atoms in total. The van der Waals surface area contributed by atoms with Crippen molar-refractivity contribution in [1.29, 1.82) is 0 Å². The average Bonchev–Trinajstić information content (AvgIpc) is 2.13. The third kappa shape index (κ3) is 11.9. The highest BCUT2D eigenvalue weighted by molar-refractivity contribution is 7.80. The first kappa shape index (κ1) is 15.9. The summed E-state index contributed by atoms with van der Waals surface area (Å²) in [6, 6.07) is 0. The number of hydrogen-bond acceptors (Lipinski definition) is 3. The Balaban J connectivity index is 3.31. The fourth-order valence-electron chi connectivity index (χ4n) is 1.64. The summed E-state index contributed by atoms with van der Waals surface area (Å²) in [7, 11) is -4.28. The van der Waals surface area contributed by atoms with Crippen LogP contribution in [0.25, 0.3) is 0 Å². The second-order valence-corrected chi connectivity index (χ2v) is 5.29. The van der Waals surface area contributed by atoms with Crippen LogP contribution in [0.1, 0.15) is 65.2 Å². The van der Waals surface area contributed by atoms with Gasteiger partial charge in [-0.25, -0.2) is 4.18 Å². The lowest BCUT2D eigenvalue weighted by atomic mass is 10.1. The minimum absolute atomic E-state index is 0.425. The predicted octanol–water partition coefficient (Wildman–Crippen LogP) is 3.34. The van der Waals surface area contributed by atoms with Gasteiger partial charge in [-0.15, -0.1) is 0 Å². The monoisotopic (exact) mass is 252 g/mol. The van der Waals surface area contributed by atoms with E-state index in [0.717, 1.165) is 12.8 Å². The van der Waals surface area contributed by atoms with Gasteiger partial charge in [0.25, 0.3) is 0 Å². The van der Waals surface area contributed by atoms with Crippen LogP contribution in [-0.4, -0.2) is 19.1 Å². The fraction of sp³-hybridized carbons (Fsp3) is 1.00. The quantitative estimate of drug-likeness (QED) is 0.478. The van der Waals surface area contributed by atoms with E-state index in [1.807, 2.05) is 0 Å². The van der Waals surface area contributed by atoms with Crippen LogP contribution in [0.4, 0.5) is 0 Å². The highest BCUT2D eigenvalue weighted by Crippen LogP contribution is 2.11. The van der Waals surface area contributed by atoms with E-state index in [-0.39, 0.29) is 0 Å². The second kappa shape index (κ2) is 8.96. The first-order valence-corrected chi connectivity index (χ1v) is 7.48. The third-order valence-corrected chi connectivity index (χ3v) is 3.07. The summed E-state index contributed by atoms with van der Waals surface area (Å²) in [5, 5.41) is 0. The molecule has 0 fully saturated rings. The molecular weight excluding hydrogens is 228 g/mol. The van der Waals surface area contributed by atoms with Crippen molar-refractivity contribution < 1.29 is 17.2 Å². The van der Waals surface area contributed by atoms with E-state index < -0.39 is 16.5 Å². The highest BCUT2D eigenvalue weighted by atomic mass is 32.3. The average molecular weight is 252 g/mol. The second-order valence-electron chi connectivity index (χ2n) is 4.24. The maximum Gasteiger partial charge on any atom is 0.397 e. The zero-order chi connectivity index (χ0) is 12.4. The minimum Gasteiger partial charge on any atom is -0.264 e. The van der Waals surface area contributed by atoms with Crippen molar-refractivity contribution in [3.05, 3.63) is 0 Å². The molecule has 0 aliphatic heterocycles. The van der Waals surface area contributed by atoms with E-state index in [4.69, 9.17) is 4.55 Å². The molecule has 0 saturated carbocycles. The minimum atomic E-state index is -4.28. The Morgan fingerprint density at radius 3 is 2.06 bits per heavy atom. The fourth-order valence-corrected chi connectivity index (χ4v) is 2.16. The maximum atomic E-state index is 10.4. The first-order chi connectivity index (χ1) is 7.45. The molecule has 0 aliphatic carbocycles. The molecule has 0 heterocycles. The molecule has 1 atom stereocenters. The van der Waals surface area contributed by atoms with Crippen LogP contribution in [0.15, 0.2) is 0 Å². The Bertz CT molecular complexity index is 249. The van der Waals surface area contributed by atoms with Crippen molar-refractivity contribution in [2.24, 2.45) is 0 Å². The van der Waals surface area contributed by atoms with Gasteiger partial charge in [0.05, 0.1) is 6.10 Å². The number of hydrogen-bond donors (Lipinski definition) is 1. The van der Waals surface area contributed by atoms with Crippen LogP contribution in [0.3, 0.4) is 0 Å². The van der Waals surface area contributed by atoms with Gasteiger partial charge in [0.1, 0.15) is 0 Å². The summed E-state index contributed by atoms with van der Waals surface area (Å²) < 4.78 is 33.6. The number of unbranched alkanes of at least 4 members (excludes halogenated alkanes) is 6. The van der Waals surface area contributed by atoms with Gasteiger partial charge in [-0.1, -0.05) is 51.9 Å². The van der Waals surface area contributed by atoms with Gasteiger partial charge < -0.3 is 0 Å². The molecule has 0 aromatic heterocycles. The van der Waals surface area contributed by atoms with Gasteiger partial charge in [-0.3, -0.25) is 4.55 Å². The molecule has 0 saturated heterocycles. The summed E-state index contributed by atoms with van der Waals surface area (Å²) >= 11 is 0. The Morgan fingerprint density at radius 1 is 1.06 bits per heavy atom. The Hall–Kier alpha value is -0.130. The van der Waals surface area contributed by atoms with Gasteiger partial charge in [0, 0.05) is 0 Å². The molecule has 16 heavy (non-hydrogen) atoms. The molecular formula is C11H24O4S. The molecule has 98 valence electrons. The molecule has 0 radical (unpaired) electrons. The van der Waals surface area contributed by atoms with Crippen molar-refractivity contribution in [3.8, 4) is 0 Å². The van der Waals surface area contributed by atoms with Crippen LogP contribution in [0.2, 0.25) is 0 Å². The molecule has 0 bridgehead atoms.